The van der Waals surface area contributed by atoms with Crippen molar-refractivity contribution in [3.8, 4) is 0 Å². The van der Waals surface area contributed by atoms with E-state index in [1.807, 2.05) is 37.3 Å². The fourth-order valence-electron chi connectivity index (χ4n) is 4.37. The normalized spacial score (nSPS) is 14.9. The van der Waals surface area contributed by atoms with E-state index < -0.39 is 47.9 Å². The quantitative estimate of drug-likeness (QED) is 0.147. The lowest BCUT2D eigenvalue weighted by molar-refractivity contribution is -0.142. The van der Waals surface area contributed by atoms with Gasteiger partial charge in [-0.15, -0.1) is 0 Å². The summed E-state index contributed by atoms with van der Waals surface area (Å²) in [5, 5.41) is 18.5. The van der Waals surface area contributed by atoms with Crippen LogP contribution in [0, 0.1) is 5.92 Å². The van der Waals surface area contributed by atoms with Gasteiger partial charge in [-0.05, 0) is 29.5 Å². The van der Waals surface area contributed by atoms with E-state index in [-0.39, 0.29) is 24.5 Å². The lowest BCUT2D eigenvalue weighted by Crippen LogP contribution is -2.59. The Kier molecular flexibility index (Phi) is 11.2. The van der Waals surface area contributed by atoms with Crippen LogP contribution < -0.4 is 21.7 Å². The van der Waals surface area contributed by atoms with Crippen LogP contribution in [0.25, 0.3) is 10.9 Å². The van der Waals surface area contributed by atoms with Crippen LogP contribution in [-0.2, 0) is 32.0 Å². The van der Waals surface area contributed by atoms with Crippen LogP contribution in [-0.4, -0.2) is 63.7 Å². The van der Waals surface area contributed by atoms with Gasteiger partial charge in [0.1, 0.15) is 18.1 Å². The SMILES string of the molecule is CCC(C)C(NC(=O)C(CS)NC(=O)C(N)Cc1c[nH]c2ccccc12)C(=O)NC(Cc1ccccc1)C(=O)O. The Morgan fingerprint density at radius 1 is 0.900 bits per heavy atom. The fraction of sp³-hybridized carbons (Fsp3) is 0.379. The lowest BCUT2D eigenvalue weighted by atomic mass is 9.97. The number of carbonyl (C=O) groups is 4. The number of thiol groups is 1. The van der Waals surface area contributed by atoms with Crippen LogP contribution in [0.2, 0.25) is 0 Å². The van der Waals surface area contributed by atoms with Gasteiger partial charge >= 0.3 is 5.97 Å². The summed E-state index contributed by atoms with van der Waals surface area (Å²) in [7, 11) is 0. The number of fused-ring (bicyclic) bond motifs is 1. The smallest absolute Gasteiger partial charge is 0.326 e. The van der Waals surface area contributed by atoms with Gasteiger partial charge in [0.25, 0.3) is 0 Å². The van der Waals surface area contributed by atoms with Crippen LogP contribution in [0.1, 0.15) is 31.4 Å². The number of aromatic amines is 1. The number of amides is 3. The van der Waals surface area contributed by atoms with Crippen LogP contribution >= 0.6 is 12.6 Å². The first-order valence-electron chi connectivity index (χ1n) is 13.2. The molecule has 3 rings (SSSR count). The Morgan fingerprint density at radius 2 is 1.55 bits per heavy atom. The van der Waals surface area contributed by atoms with Crippen molar-refractivity contribution >= 4 is 47.2 Å². The van der Waals surface area contributed by atoms with Gasteiger partial charge in [-0.25, -0.2) is 4.79 Å². The molecule has 0 bridgehead atoms. The summed E-state index contributed by atoms with van der Waals surface area (Å²) < 4.78 is 0. The molecular weight excluding hydrogens is 530 g/mol. The van der Waals surface area contributed by atoms with E-state index in [0.717, 1.165) is 22.0 Å². The second kappa shape index (κ2) is 14.5. The second-order valence-corrected chi connectivity index (χ2v) is 10.2. The topological polar surface area (TPSA) is 166 Å². The predicted molar refractivity (Wildman–Crippen MR) is 157 cm³/mol. The van der Waals surface area contributed by atoms with Crippen molar-refractivity contribution in [2.45, 2.75) is 57.3 Å². The molecule has 0 aliphatic rings. The van der Waals surface area contributed by atoms with Gasteiger partial charge in [-0.3, -0.25) is 14.4 Å². The average molecular weight is 568 g/mol. The number of hydrogen-bond donors (Lipinski definition) is 7. The van der Waals surface area contributed by atoms with Gasteiger partial charge in [0.15, 0.2) is 0 Å². The number of hydrogen-bond acceptors (Lipinski definition) is 6. The molecule has 40 heavy (non-hydrogen) atoms. The zero-order valence-corrected chi connectivity index (χ0v) is 23.5. The molecule has 7 N–H and O–H groups in total. The first-order chi connectivity index (χ1) is 19.1. The Labute approximate surface area is 238 Å². The number of carboxylic acid groups (broad SMARTS) is 1. The van der Waals surface area contributed by atoms with E-state index >= 15 is 0 Å². The van der Waals surface area contributed by atoms with Gasteiger partial charge in [0, 0.05) is 29.3 Å². The van der Waals surface area contributed by atoms with E-state index in [0.29, 0.717) is 6.42 Å². The molecule has 3 amide bonds. The van der Waals surface area contributed by atoms with Crippen molar-refractivity contribution in [3.05, 3.63) is 71.9 Å². The van der Waals surface area contributed by atoms with Crippen LogP contribution in [0.3, 0.4) is 0 Å². The number of nitrogens with one attached hydrogen (secondary N) is 4. The van der Waals surface area contributed by atoms with E-state index in [1.165, 1.54) is 0 Å². The highest BCUT2D eigenvalue weighted by Crippen LogP contribution is 2.19. The number of rotatable bonds is 14. The molecule has 0 saturated heterocycles. The molecule has 214 valence electrons. The van der Waals surface area contributed by atoms with Crippen molar-refractivity contribution in [1.82, 2.24) is 20.9 Å². The largest absolute Gasteiger partial charge is 0.480 e. The van der Waals surface area contributed by atoms with Gasteiger partial charge in [-0.2, -0.15) is 12.6 Å². The maximum absolute atomic E-state index is 13.2. The number of para-hydroxylation sites is 1. The van der Waals surface area contributed by atoms with Crippen molar-refractivity contribution < 1.29 is 24.3 Å². The molecule has 0 aliphatic heterocycles. The third kappa shape index (κ3) is 8.09. The molecule has 3 aromatic rings. The second-order valence-electron chi connectivity index (χ2n) is 9.87. The van der Waals surface area contributed by atoms with Crippen LogP contribution in [0.5, 0.6) is 0 Å². The molecule has 0 fully saturated rings. The summed E-state index contributed by atoms with van der Waals surface area (Å²) in [4.78, 5) is 54.2. The number of aromatic nitrogens is 1. The standard InChI is InChI=1S/C29H37N5O5S/c1-3-17(2)25(28(37)32-23(29(38)39)13-18-9-5-4-6-10-18)34-27(36)24(16-40)33-26(35)21(30)14-19-15-31-22-12-8-7-11-20(19)22/h4-12,15,17,21,23-25,31,40H,3,13-14,16,30H2,1-2H3,(H,32,37)(H,33,35)(H,34,36)(H,38,39). The monoisotopic (exact) mass is 567 g/mol. The van der Waals surface area contributed by atoms with Gasteiger partial charge in [0.05, 0.1) is 6.04 Å². The van der Waals surface area contributed by atoms with Gasteiger partial charge < -0.3 is 31.8 Å². The number of aliphatic carboxylic acids is 1. The van der Waals surface area contributed by atoms with Crippen molar-refractivity contribution in [1.29, 1.82) is 0 Å². The minimum Gasteiger partial charge on any atom is -0.480 e. The van der Waals surface area contributed by atoms with Gasteiger partial charge in [0.2, 0.25) is 17.7 Å². The van der Waals surface area contributed by atoms with E-state index in [2.05, 4.69) is 33.6 Å². The lowest BCUT2D eigenvalue weighted by Gasteiger charge is -2.27. The summed E-state index contributed by atoms with van der Waals surface area (Å²) in [6.07, 6.45) is 2.69. The minimum atomic E-state index is -1.18. The molecule has 10 nitrogen and oxygen atoms in total. The highest BCUT2D eigenvalue weighted by Gasteiger charge is 2.32. The Bertz CT molecular complexity index is 1310. The molecule has 0 radical (unpaired) electrons. The predicted octanol–water partition coefficient (Wildman–Crippen LogP) is 1.80. The molecule has 11 heteroatoms. The van der Waals surface area contributed by atoms with E-state index in [1.54, 1.807) is 37.4 Å². The zero-order chi connectivity index (χ0) is 29.2. The zero-order valence-electron chi connectivity index (χ0n) is 22.6. The number of carbonyl (C=O) groups excluding carboxylic acids is 3. The summed E-state index contributed by atoms with van der Waals surface area (Å²) in [6.45, 7) is 3.64. The summed E-state index contributed by atoms with van der Waals surface area (Å²) >= 11 is 4.22. The Balaban J connectivity index is 1.64. The van der Waals surface area contributed by atoms with Gasteiger partial charge in [-0.1, -0.05) is 68.8 Å². The first kappa shape index (κ1) is 30.7. The third-order valence-corrected chi connectivity index (χ3v) is 7.32. The Hall–Kier alpha value is -3.83. The van der Waals surface area contributed by atoms with Crippen LogP contribution in [0.15, 0.2) is 60.8 Å². The highest BCUT2D eigenvalue weighted by atomic mass is 32.1. The number of carboxylic acids is 1. The first-order valence-corrected chi connectivity index (χ1v) is 13.9. The molecule has 5 unspecified atom stereocenters. The summed E-state index contributed by atoms with van der Waals surface area (Å²) in [6, 6.07) is 12.4. The number of benzene rings is 2. The summed E-state index contributed by atoms with van der Waals surface area (Å²) in [5.74, 6) is -3.29. The molecule has 0 spiro atoms. The highest BCUT2D eigenvalue weighted by molar-refractivity contribution is 7.80. The molecule has 5 atom stereocenters. The maximum atomic E-state index is 13.2. The number of nitrogens with two attached hydrogens (primary N) is 1. The maximum Gasteiger partial charge on any atom is 0.326 e. The molecule has 0 saturated carbocycles. The molecule has 2 aromatic carbocycles. The molecule has 0 aliphatic carbocycles. The molecule has 1 aromatic heterocycles. The molecule has 1 heterocycles. The fourth-order valence-corrected chi connectivity index (χ4v) is 4.63. The van der Waals surface area contributed by atoms with Crippen molar-refractivity contribution in [3.63, 3.8) is 0 Å². The third-order valence-electron chi connectivity index (χ3n) is 6.96. The van der Waals surface area contributed by atoms with Crippen LogP contribution in [0.4, 0.5) is 0 Å². The van der Waals surface area contributed by atoms with E-state index in [4.69, 9.17) is 5.73 Å². The summed E-state index contributed by atoms with van der Waals surface area (Å²) in [5.41, 5.74) is 8.73. The minimum absolute atomic E-state index is 0.0298. The number of H-pyrrole nitrogens is 1. The molecular formula is C29H37N5O5S. The average Bonchev–Trinajstić information content (AvgIpc) is 3.36. The van der Waals surface area contributed by atoms with Crippen molar-refractivity contribution in [2.24, 2.45) is 11.7 Å². The van der Waals surface area contributed by atoms with Crippen molar-refractivity contribution in [2.75, 3.05) is 5.75 Å². The van der Waals surface area contributed by atoms with E-state index in [9.17, 15) is 24.3 Å². The Morgan fingerprint density at radius 3 is 2.20 bits per heavy atom.